The fourth-order valence-electron chi connectivity index (χ4n) is 1.43. The quantitative estimate of drug-likeness (QED) is 0.653. The number of carbonyl (C=O) groups excluding carboxylic acids is 2. The van der Waals surface area contributed by atoms with Crippen LogP contribution in [0.15, 0.2) is 0 Å². The molecule has 0 aliphatic carbocycles. The van der Waals surface area contributed by atoms with Gasteiger partial charge in [0.05, 0.1) is 11.9 Å². The highest BCUT2D eigenvalue weighted by molar-refractivity contribution is 7.91. The fraction of sp³-hybridized carbons (Fsp3) is 0.875. The van der Waals surface area contributed by atoms with Gasteiger partial charge in [-0.25, -0.2) is 8.42 Å². The summed E-state index contributed by atoms with van der Waals surface area (Å²) in [6, 6.07) is 0. The Labute approximate surface area is 88.8 Å². The molecule has 88 valence electrons. The van der Waals surface area contributed by atoms with Gasteiger partial charge in [0.2, 0.25) is 0 Å². The van der Waals surface area contributed by atoms with Crippen molar-refractivity contribution in [3.63, 3.8) is 0 Å². The van der Waals surface area contributed by atoms with E-state index < -0.39 is 15.9 Å². The van der Waals surface area contributed by atoms with E-state index in [0.29, 0.717) is 18.7 Å². The molecule has 1 N–H and O–H groups in total. The zero-order chi connectivity index (χ0) is 11.9. The Balaban J connectivity index is 0.000000583. The highest BCUT2D eigenvalue weighted by atomic mass is 32.2. The molecule has 1 unspecified atom stereocenters. The molecule has 1 fully saturated rings. The summed E-state index contributed by atoms with van der Waals surface area (Å²) in [6.07, 6.45) is 0.494. The Bertz CT molecular complexity index is 305. The molecule has 1 aliphatic rings. The normalized spacial score (nSPS) is 22.0. The molecule has 0 spiro atoms. The largest absolute Gasteiger partial charge is 0.392 e. The van der Waals surface area contributed by atoms with Gasteiger partial charge in [-0.3, -0.25) is 4.90 Å². The molecule has 0 amide bonds. The molecule has 0 radical (unpaired) electrons. The summed E-state index contributed by atoms with van der Waals surface area (Å²) in [7, 11) is -2.86. The van der Waals surface area contributed by atoms with Crippen LogP contribution in [0.2, 0.25) is 0 Å². The highest BCUT2D eigenvalue weighted by Gasteiger charge is 2.22. The molecule has 1 saturated heterocycles. The zero-order valence-corrected chi connectivity index (χ0v) is 9.37. The lowest BCUT2D eigenvalue weighted by molar-refractivity contribution is -0.191. The predicted molar refractivity (Wildman–Crippen MR) is 51.5 cm³/mol. The van der Waals surface area contributed by atoms with Gasteiger partial charge in [0.25, 0.3) is 0 Å². The molecule has 6 nitrogen and oxygen atoms in total. The lowest BCUT2D eigenvalue weighted by Gasteiger charge is -2.27. The number of rotatable bonds is 2. The fourth-order valence-corrected chi connectivity index (χ4v) is 2.92. The minimum absolute atomic E-state index is 0.109. The van der Waals surface area contributed by atoms with Gasteiger partial charge in [0.1, 0.15) is 5.88 Å². The molecular weight excluding hydrogens is 222 g/mol. The molecule has 1 aliphatic heterocycles. The van der Waals surface area contributed by atoms with Crippen molar-refractivity contribution in [3.05, 3.63) is 0 Å². The molecule has 0 aromatic carbocycles. The van der Waals surface area contributed by atoms with E-state index in [1.54, 1.807) is 11.8 Å². The summed E-state index contributed by atoms with van der Waals surface area (Å²) < 4.78 is 22.2. The van der Waals surface area contributed by atoms with Crippen LogP contribution < -0.4 is 0 Å². The van der Waals surface area contributed by atoms with Gasteiger partial charge in [-0.2, -0.15) is 9.59 Å². The van der Waals surface area contributed by atoms with E-state index in [0.717, 1.165) is 6.54 Å². The average molecular weight is 237 g/mol. The lowest BCUT2D eigenvalue weighted by atomic mass is 10.3. The first-order valence-corrected chi connectivity index (χ1v) is 6.33. The molecule has 0 aromatic rings. The van der Waals surface area contributed by atoms with Crippen molar-refractivity contribution >= 4 is 16.0 Å². The topological polar surface area (TPSA) is 91.8 Å². The van der Waals surface area contributed by atoms with Crippen LogP contribution in [0, 0.1) is 0 Å². The third-order valence-electron chi connectivity index (χ3n) is 1.83. The lowest BCUT2D eigenvalue weighted by Crippen LogP contribution is -2.41. The third kappa shape index (κ3) is 7.21. The van der Waals surface area contributed by atoms with E-state index in [4.69, 9.17) is 14.7 Å². The number of β-amino-alcohol motifs (C(OH)–C–C–N with tert-alkyl or cyclic N) is 1. The zero-order valence-electron chi connectivity index (χ0n) is 8.55. The van der Waals surface area contributed by atoms with Gasteiger partial charge >= 0.3 is 6.15 Å². The van der Waals surface area contributed by atoms with Crippen LogP contribution in [0.3, 0.4) is 0 Å². The van der Waals surface area contributed by atoms with Gasteiger partial charge in [0, 0.05) is 13.1 Å². The van der Waals surface area contributed by atoms with Crippen molar-refractivity contribution < 1.29 is 23.1 Å². The molecule has 0 aromatic heterocycles. The Hall–Kier alpha value is -0.750. The number of aliphatic hydroxyl groups is 1. The summed E-state index contributed by atoms with van der Waals surface area (Å²) in [5.74, 6) is 0.404. The Morgan fingerprint density at radius 2 is 2.00 bits per heavy atom. The van der Waals surface area contributed by atoms with Crippen molar-refractivity contribution in [2.24, 2.45) is 0 Å². The van der Waals surface area contributed by atoms with E-state index in [-0.39, 0.29) is 12.0 Å². The van der Waals surface area contributed by atoms with Crippen LogP contribution in [0.4, 0.5) is 0 Å². The number of sulfone groups is 1. The molecule has 7 heteroatoms. The van der Waals surface area contributed by atoms with Crippen LogP contribution in [0.5, 0.6) is 0 Å². The Morgan fingerprint density at radius 3 is 2.40 bits per heavy atom. The molecule has 0 bridgehead atoms. The van der Waals surface area contributed by atoms with E-state index in [2.05, 4.69) is 0 Å². The van der Waals surface area contributed by atoms with E-state index >= 15 is 0 Å². The second-order valence-corrected chi connectivity index (χ2v) is 5.59. The maximum Gasteiger partial charge on any atom is 0.373 e. The van der Waals surface area contributed by atoms with Gasteiger partial charge in [-0.15, -0.1) is 0 Å². The van der Waals surface area contributed by atoms with Gasteiger partial charge in [-0.05, 0) is 13.3 Å². The van der Waals surface area contributed by atoms with Crippen molar-refractivity contribution in [2.75, 3.05) is 24.7 Å². The standard InChI is InChI=1S/C7H15NO3S.CO2/c1-7(9)5-8-3-2-4-12(10,11)6-8;2-1-3/h7,9H,2-6H2,1H3;. The van der Waals surface area contributed by atoms with Crippen LogP contribution >= 0.6 is 0 Å². The molecule has 1 rings (SSSR count). The second-order valence-electron chi connectivity index (χ2n) is 3.44. The molecule has 1 atom stereocenters. The van der Waals surface area contributed by atoms with Crippen LogP contribution in [0.1, 0.15) is 13.3 Å². The predicted octanol–water partition coefficient (Wildman–Crippen LogP) is -1.14. The molecular formula is C8H15NO5S. The summed E-state index contributed by atoms with van der Waals surface area (Å²) in [4.78, 5) is 18.0. The highest BCUT2D eigenvalue weighted by Crippen LogP contribution is 2.08. The van der Waals surface area contributed by atoms with E-state index in [1.807, 2.05) is 0 Å². The number of hydrogen-bond acceptors (Lipinski definition) is 6. The van der Waals surface area contributed by atoms with Crippen LogP contribution in [-0.4, -0.2) is 55.4 Å². The maximum absolute atomic E-state index is 11.1. The first-order valence-electron chi connectivity index (χ1n) is 4.51. The van der Waals surface area contributed by atoms with E-state index in [1.165, 1.54) is 0 Å². The summed E-state index contributed by atoms with van der Waals surface area (Å²) in [5.41, 5.74) is 0. The van der Waals surface area contributed by atoms with Gasteiger partial charge < -0.3 is 5.11 Å². The number of nitrogens with zero attached hydrogens (tertiary/aromatic N) is 1. The van der Waals surface area contributed by atoms with Crippen molar-refractivity contribution in [1.82, 2.24) is 4.90 Å². The second kappa shape index (κ2) is 6.68. The summed E-state index contributed by atoms with van der Waals surface area (Å²) in [5, 5.41) is 9.04. The van der Waals surface area contributed by atoms with Crippen LogP contribution in [-0.2, 0) is 19.4 Å². The third-order valence-corrected chi connectivity index (χ3v) is 3.50. The number of aliphatic hydroxyl groups excluding tert-OH is 1. The SMILES string of the molecule is CC(O)CN1CCCS(=O)(=O)C1.O=C=O. The Morgan fingerprint density at radius 1 is 1.47 bits per heavy atom. The minimum Gasteiger partial charge on any atom is -0.392 e. The van der Waals surface area contributed by atoms with Gasteiger partial charge in [0.15, 0.2) is 9.84 Å². The van der Waals surface area contributed by atoms with Crippen molar-refractivity contribution in [1.29, 1.82) is 0 Å². The van der Waals surface area contributed by atoms with E-state index in [9.17, 15) is 8.42 Å². The van der Waals surface area contributed by atoms with Crippen molar-refractivity contribution in [3.8, 4) is 0 Å². The monoisotopic (exact) mass is 237 g/mol. The molecule has 15 heavy (non-hydrogen) atoms. The van der Waals surface area contributed by atoms with Crippen LogP contribution in [0.25, 0.3) is 0 Å². The first-order chi connectivity index (χ1) is 6.91. The average Bonchev–Trinajstić information content (AvgIpc) is 2.01. The smallest absolute Gasteiger partial charge is 0.373 e. The van der Waals surface area contributed by atoms with Crippen molar-refractivity contribution in [2.45, 2.75) is 19.4 Å². The molecule has 0 saturated carbocycles. The minimum atomic E-state index is -2.86. The Kier molecular flexibility index (Phi) is 6.35. The maximum atomic E-state index is 11.1. The van der Waals surface area contributed by atoms with Gasteiger partial charge in [-0.1, -0.05) is 0 Å². The number of hydrogen-bond donors (Lipinski definition) is 1. The summed E-state index contributed by atoms with van der Waals surface area (Å²) in [6.45, 7) is 2.91. The molecule has 1 heterocycles. The summed E-state index contributed by atoms with van der Waals surface area (Å²) >= 11 is 0. The first kappa shape index (κ1) is 14.2.